The maximum atomic E-state index is 10.3. The van der Waals surface area contributed by atoms with Crippen molar-refractivity contribution in [3.05, 3.63) is 35.9 Å². The highest BCUT2D eigenvalue weighted by molar-refractivity contribution is 5.13. The molecule has 0 amide bonds. The van der Waals surface area contributed by atoms with E-state index in [4.69, 9.17) is 18.9 Å². The first-order chi connectivity index (χ1) is 13.4. The third kappa shape index (κ3) is 4.69. The van der Waals surface area contributed by atoms with Gasteiger partial charge in [0.2, 0.25) is 0 Å². The summed E-state index contributed by atoms with van der Waals surface area (Å²) in [6, 6.07) is 9.19. The van der Waals surface area contributed by atoms with Gasteiger partial charge in [-0.15, -0.1) is 0 Å². The number of ether oxygens (including phenoxy) is 4. The maximum Gasteiger partial charge on any atom is 0.187 e. The Labute approximate surface area is 161 Å². The van der Waals surface area contributed by atoms with E-state index in [1.807, 2.05) is 30.3 Å². The lowest BCUT2D eigenvalue weighted by molar-refractivity contribution is -0.358. The van der Waals surface area contributed by atoms with Crippen LogP contribution in [-0.4, -0.2) is 99.2 Å². The Bertz CT molecular complexity index is 599. The molecule has 2 fully saturated rings. The van der Waals surface area contributed by atoms with Crippen LogP contribution in [0.25, 0.3) is 0 Å². The zero-order valence-corrected chi connectivity index (χ0v) is 15.0. The average molecular weight is 402 g/mol. The molecule has 0 unspecified atom stereocenters. The molecule has 2 heterocycles. The van der Waals surface area contributed by atoms with E-state index in [-0.39, 0.29) is 13.2 Å². The lowest BCUT2D eigenvalue weighted by Crippen LogP contribution is -2.63. The molecule has 0 spiro atoms. The van der Waals surface area contributed by atoms with Crippen LogP contribution < -0.4 is 0 Å². The van der Waals surface area contributed by atoms with E-state index in [0.29, 0.717) is 0 Å². The van der Waals surface area contributed by atoms with Gasteiger partial charge >= 0.3 is 0 Å². The largest absolute Gasteiger partial charge is 0.394 e. The average Bonchev–Trinajstić information content (AvgIpc) is 2.71. The van der Waals surface area contributed by atoms with Gasteiger partial charge in [0.25, 0.3) is 0 Å². The third-order valence-electron chi connectivity index (χ3n) is 4.83. The minimum atomic E-state index is -1.65. The first-order valence-corrected chi connectivity index (χ1v) is 9.01. The van der Waals surface area contributed by atoms with Gasteiger partial charge in [-0.25, -0.2) is 0 Å². The van der Waals surface area contributed by atoms with E-state index in [9.17, 15) is 30.6 Å². The molecule has 0 saturated carbocycles. The van der Waals surface area contributed by atoms with Crippen LogP contribution in [0.2, 0.25) is 0 Å². The number of hydrogen-bond donors (Lipinski definition) is 6. The number of aliphatic hydroxyl groups excluding tert-OH is 6. The molecule has 10 heteroatoms. The molecule has 2 saturated heterocycles. The van der Waals surface area contributed by atoms with Crippen molar-refractivity contribution in [2.75, 3.05) is 13.2 Å². The van der Waals surface area contributed by atoms with Gasteiger partial charge in [0.1, 0.15) is 42.7 Å². The molecule has 1 aromatic rings. The number of aliphatic hydroxyl groups is 6. The molecular weight excluding hydrogens is 376 g/mol. The molecule has 10 nitrogen and oxygen atoms in total. The van der Waals surface area contributed by atoms with E-state index in [2.05, 4.69) is 0 Å². The summed E-state index contributed by atoms with van der Waals surface area (Å²) < 4.78 is 21.9. The van der Waals surface area contributed by atoms with Crippen molar-refractivity contribution in [1.29, 1.82) is 0 Å². The molecule has 0 aliphatic carbocycles. The summed E-state index contributed by atoms with van der Waals surface area (Å²) in [5.74, 6) is 0. The Hall–Kier alpha value is -1.18. The summed E-state index contributed by atoms with van der Waals surface area (Å²) in [5.41, 5.74) is 0.846. The quantitative estimate of drug-likeness (QED) is 0.300. The van der Waals surface area contributed by atoms with Crippen molar-refractivity contribution in [3.8, 4) is 0 Å². The molecule has 9 atom stereocenters. The van der Waals surface area contributed by atoms with Gasteiger partial charge in [-0.1, -0.05) is 30.3 Å². The minimum absolute atomic E-state index is 0.142. The highest BCUT2D eigenvalue weighted by Crippen LogP contribution is 2.28. The van der Waals surface area contributed by atoms with Crippen LogP contribution in [0.4, 0.5) is 0 Å². The fourth-order valence-electron chi connectivity index (χ4n) is 3.14. The van der Waals surface area contributed by atoms with Gasteiger partial charge in [0.15, 0.2) is 12.6 Å². The Morgan fingerprint density at radius 3 is 2.29 bits per heavy atom. The van der Waals surface area contributed by atoms with Gasteiger partial charge < -0.3 is 49.6 Å². The molecule has 28 heavy (non-hydrogen) atoms. The molecule has 2 aliphatic heterocycles. The van der Waals surface area contributed by atoms with Gasteiger partial charge in [-0.3, -0.25) is 0 Å². The Morgan fingerprint density at radius 2 is 1.61 bits per heavy atom. The maximum absolute atomic E-state index is 10.3. The monoisotopic (exact) mass is 402 g/mol. The zero-order chi connectivity index (χ0) is 20.3. The lowest BCUT2D eigenvalue weighted by atomic mass is 9.99. The van der Waals surface area contributed by atoms with Crippen LogP contribution in [0.15, 0.2) is 30.3 Å². The fraction of sp³-hybridized carbons (Fsp3) is 0.667. The van der Waals surface area contributed by atoms with Crippen LogP contribution in [0.1, 0.15) is 5.56 Å². The van der Waals surface area contributed by atoms with Crippen molar-refractivity contribution in [1.82, 2.24) is 0 Å². The van der Waals surface area contributed by atoms with Crippen LogP contribution >= 0.6 is 0 Å². The Kier molecular flexibility index (Phi) is 7.34. The highest BCUT2D eigenvalue weighted by Gasteiger charge is 2.48. The smallest absolute Gasteiger partial charge is 0.187 e. The van der Waals surface area contributed by atoms with E-state index in [1.54, 1.807) is 0 Å². The zero-order valence-electron chi connectivity index (χ0n) is 15.0. The second-order valence-corrected chi connectivity index (χ2v) is 6.85. The van der Waals surface area contributed by atoms with E-state index >= 15 is 0 Å². The third-order valence-corrected chi connectivity index (χ3v) is 4.83. The molecule has 3 rings (SSSR count). The van der Waals surface area contributed by atoms with Crippen LogP contribution in [0.5, 0.6) is 0 Å². The van der Waals surface area contributed by atoms with Gasteiger partial charge in [0, 0.05) is 0 Å². The minimum Gasteiger partial charge on any atom is -0.394 e. The molecule has 0 radical (unpaired) electrons. The molecule has 2 aliphatic rings. The van der Waals surface area contributed by atoms with Crippen molar-refractivity contribution >= 4 is 0 Å². The van der Waals surface area contributed by atoms with Crippen molar-refractivity contribution in [3.63, 3.8) is 0 Å². The molecule has 0 aromatic heterocycles. The Balaban J connectivity index is 1.69. The summed E-state index contributed by atoms with van der Waals surface area (Å²) in [4.78, 5) is 0. The van der Waals surface area contributed by atoms with E-state index < -0.39 is 61.9 Å². The Morgan fingerprint density at radius 1 is 0.893 bits per heavy atom. The molecule has 158 valence electrons. The molecular formula is C18H26O10. The predicted octanol–water partition coefficient (Wildman–Crippen LogP) is -2.53. The standard InChI is InChI=1S/C18H26O10/c19-6-11-13(22)14(23)15(24)17(27-11)28-16-12(21)10(20)8-26-18(16)25-7-9-4-2-1-3-5-9/h1-5,10-24H,6-8H2/t10-,11+,12+,13+,14+,15-,16-,17-,18+/m0/s1. The molecule has 0 bridgehead atoms. The van der Waals surface area contributed by atoms with Crippen molar-refractivity contribution in [2.24, 2.45) is 0 Å². The fourth-order valence-corrected chi connectivity index (χ4v) is 3.14. The number of hydrogen-bond acceptors (Lipinski definition) is 10. The topological polar surface area (TPSA) is 158 Å². The van der Waals surface area contributed by atoms with Crippen LogP contribution in [0.3, 0.4) is 0 Å². The first kappa shape index (κ1) is 21.5. The summed E-state index contributed by atoms with van der Waals surface area (Å²) in [5, 5.41) is 59.4. The first-order valence-electron chi connectivity index (χ1n) is 9.01. The predicted molar refractivity (Wildman–Crippen MR) is 91.6 cm³/mol. The highest BCUT2D eigenvalue weighted by atomic mass is 16.7. The summed E-state index contributed by atoms with van der Waals surface area (Å²) in [6.45, 7) is -0.664. The summed E-state index contributed by atoms with van der Waals surface area (Å²) >= 11 is 0. The normalized spacial score (nSPS) is 41.7. The molecule has 6 N–H and O–H groups in total. The van der Waals surface area contributed by atoms with Crippen molar-refractivity contribution in [2.45, 2.75) is 61.9 Å². The second-order valence-electron chi connectivity index (χ2n) is 6.85. The van der Waals surface area contributed by atoms with E-state index in [0.717, 1.165) is 5.56 Å². The lowest BCUT2D eigenvalue weighted by Gasteiger charge is -2.44. The van der Waals surface area contributed by atoms with Crippen LogP contribution in [-0.2, 0) is 25.6 Å². The van der Waals surface area contributed by atoms with Crippen LogP contribution in [0, 0.1) is 0 Å². The number of benzene rings is 1. The van der Waals surface area contributed by atoms with Gasteiger partial charge in [0.05, 0.1) is 19.8 Å². The van der Waals surface area contributed by atoms with Gasteiger partial charge in [-0.2, -0.15) is 0 Å². The SMILES string of the molecule is OC[C@H]1O[C@@H](O[C@@H]2[C@H](OCc3ccccc3)OC[C@H](O)[C@H]2O)[C@@H](O)[C@H](O)[C@@H]1O. The molecule has 1 aromatic carbocycles. The number of rotatable bonds is 6. The second kappa shape index (κ2) is 9.55. The van der Waals surface area contributed by atoms with Crippen molar-refractivity contribution < 1.29 is 49.6 Å². The summed E-state index contributed by atoms with van der Waals surface area (Å²) in [7, 11) is 0. The summed E-state index contributed by atoms with van der Waals surface area (Å²) in [6.07, 6.45) is -12.5. The van der Waals surface area contributed by atoms with Gasteiger partial charge in [-0.05, 0) is 5.56 Å². The van der Waals surface area contributed by atoms with E-state index in [1.165, 1.54) is 0 Å².